The first-order valence-corrected chi connectivity index (χ1v) is 6.92. The van der Waals surface area contributed by atoms with E-state index in [1.807, 2.05) is 0 Å². The molecule has 21 heavy (non-hydrogen) atoms. The van der Waals surface area contributed by atoms with Gasteiger partial charge in [-0.05, 0) is 29.9 Å². The topological polar surface area (TPSA) is 91.8 Å². The molecule has 1 aliphatic carbocycles. The van der Waals surface area contributed by atoms with Gasteiger partial charge in [-0.1, -0.05) is 0 Å². The molecule has 112 valence electrons. The van der Waals surface area contributed by atoms with E-state index >= 15 is 0 Å². The van der Waals surface area contributed by atoms with E-state index in [1.165, 1.54) is 4.90 Å². The first-order chi connectivity index (χ1) is 10.1. The number of aromatic nitrogens is 1. The molecule has 2 aliphatic rings. The first kappa shape index (κ1) is 13.7. The molecule has 2 N–H and O–H groups in total. The number of carboxylic acid groups (broad SMARTS) is 1. The van der Waals surface area contributed by atoms with Gasteiger partial charge in [-0.15, -0.1) is 0 Å². The van der Waals surface area contributed by atoms with Crippen LogP contribution in [0, 0.1) is 17.8 Å². The zero-order valence-electron chi connectivity index (χ0n) is 11.4. The number of nitrogens with zero attached hydrogens (tertiary/aromatic N) is 2. The molecule has 2 unspecified atom stereocenters. The average Bonchev–Trinajstić information content (AvgIpc) is 2.93. The molecule has 1 aliphatic heterocycles. The van der Waals surface area contributed by atoms with Crippen molar-refractivity contribution in [1.82, 2.24) is 15.2 Å². The maximum absolute atomic E-state index is 11.7. The van der Waals surface area contributed by atoms with Gasteiger partial charge in [-0.25, -0.2) is 4.79 Å². The van der Waals surface area contributed by atoms with Crippen molar-refractivity contribution in [2.45, 2.75) is 0 Å². The van der Waals surface area contributed by atoms with E-state index in [4.69, 9.17) is 9.84 Å². The van der Waals surface area contributed by atoms with Gasteiger partial charge in [-0.3, -0.25) is 9.78 Å². The summed E-state index contributed by atoms with van der Waals surface area (Å²) in [7, 11) is 0. The maximum atomic E-state index is 11.7. The van der Waals surface area contributed by atoms with E-state index < -0.39 is 6.09 Å². The van der Waals surface area contributed by atoms with Gasteiger partial charge in [0.2, 0.25) is 0 Å². The van der Waals surface area contributed by atoms with Crippen LogP contribution in [0.2, 0.25) is 0 Å². The van der Waals surface area contributed by atoms with Crippen molar-refractivity contribution in [1.29, 1.82) is 0 Å². The Bertz CT molecular complexity index is 524. The Morgan fingerprint density at radius 2 is 2.19 bits per heavy atom. The molecule has 1 saturated heterocycles. The van der Waals surface area contributed by atoms with Crippen LogP contribution in [0.1, 0.15) is 0 Å². The fraction of sp³-hybridized carbons (Fsp3) is 0.500. The zero-order chi connectivity index (χ0) is 14.8. The Balaban J connectivity index is 1.34. The second kappa shape index (κ2) is 5.59. The fourth-order valence-corrected chi connectivity index (χ4v) is 2.97. The summed E-state index contributed by atoms with van der Waals surface area (Å²) in [5.74, 6) is 1.61. The molecule has 0 radical (unpaired) electrons. The average molecular weight is 291 g/mol. The Kier molecular flexibility index (Phi) is 3.64. The third kappa shape index (κ3) is 3.07. The maximum Gasteiger partial charge on any atom is 0.407 e. The lowest BCUT2D eigenvalue weighted by Crippen LogP contribution is -2.34. The summed E-state index contributed by atoms with van der Waals surface area (Å²) in [6.07, 6.45) is 2.34. The molecule has 0 spiro atoms. The number of carbonyl (C=O) groups is 2. The SMILES string of the molecule is O=C(COc1cccnc1)NCC1C2CN(C(=O)O)CC12. The Labute approximate surface area is 121 Å². The number of carbonyl (C=O) groups excluding carboxylic acids is 1. The summed E-state index contributed by atoms with van der Waals surface area (Å²) in [5, 5.41) is 11.7. The number of nitrogens with one attached hydrogen (secondary N) is 1. The number of likely N-dealkylation sites (tertiary alicyclic amines) is 1. The van der Waals surface area contributed by atoms with Crippen molar-refractivity contribution in [3.8, 4) is 5.75 Å². The van der Waals surface area contributed by atoms with Crippen LogP contribution in [-0.2, 0) is 4.79 Å². The molecule has 2 amide bonds. The quantitative estimate of drug-likeness (QED) is 0.821. The molecule has 2 heterocycles. The molecule has 7 nitrogen and oxygen atoms in total. The van der Waals surface area contributed by atoms with Crippen LogP contribution in [0.15, 0.2) is 24.5 Å². The standard InChI is InChI=1S/C14H17N3O4/c18-13(8-21-9-2-1-3-15-4-9)16-5-10-11-6-17(14(19)20)7-12(10)11/h1-4,10-12H,5-8H2,(H,16,18)(H,19,20). The summed E-state index contributed by atoms with van der Waals surface area (Å²) in [6, 6.07) is 3.48. The van der Waals surface area contributed by atoms with Gasteiger partial charge in [0.25, 0.3) is 5.91 Å². The van der Waals surface area contributed by atoms with E-state index in [2.05, 4.69) is 10.3 Å². The summed E-state index contributed by atoms with van der Waals surface area (Å²) >= 11 is 0. The second-order valence-corrected chi connectivity index (χ2v) is 5.46. The highest BCUT2D eigenvalue weighted by atomic mass is 16.5. The smallest absolute Gasteiger partial charge is 0.407 e. The molecule has 3 rings (SSSR count). The molecular formula is C14H17N3O4. The van der Waals surface area contributed by atoms with Crippen molar-refractivity contribution in [2.75, 3.05) is 26.2 Å². The van der Waals surface area contributed by atoms with Crippen LogP contribution < -0.4 is 10.1 Å². The number of ether oxygens (including phenoxy) is 1. The van der Waals surface area contributed by atoms with Gasteiger partial charge in [0.15, 0.2) is 6.61 Å². The number of hydrogen-bond acceptors (Lipinski definition) is 4. The molecule has 0 bridgehead atoms. The summed E-state index contributed by atoms with van der Waals surface area (Å²) in [5.41, 5.74) is 0. The minimum absolute atomic E-state index is 0.0327. The number of piperidine rings is 1. The number of rotatable bonds is 5. The van der Waals surface area contributed by atoms with Gasteiger partial charge in [0.1, 0.15) is 5.75 Å². The Morgan fingerprint density at radius 3 is 2.81 bits per heavy atom. The van der Waals surface area contributed by atoms with E-state index in [9.17, 15) is 9.59 Å². The van der Waals surface area contributed by atoms with Crippen molar-refractivity contribution in [2.24, 2.45) is 17.8 Å². The zero-order valence-corrected chi connectivity index (χ0v) is 11.4. The Morgan fingerprint density at radius 1 is 1.43 bits per heavy atom. The molecular weight excluding hydrogens is 274 g/mol. The third-order valence-electron chi connectivity index (χ3n) is 4.18. The lowest BCUT2D eigenvalue weighted by Gasteiger charge is -2.16. The summed E-state index contributed by atoms with van der Waals surface area (Å²) in [6.45, 7) is 1.74. The van der Waals surface area contributed by atoms with Crippen LogP contribution in [0.5, 0.6) is 5.75 Å². The lowest BCUT2D eigenvalue weighted by atomic mass is 10.2. The molecule has 1 saturated carbocycles. The number of pyridine rings is 1. The number of amides is 2. The van der Waals surface area contributed by atoms with Crippen molar-refractivity contribution >= 4 is 12.0 Å². The van der Waals surface area contributed by atoms with Crippen LogP contribution in [0.4, 0.5) is 4.79 Å². The Hall–Kier alpha value is -2.31. The monoisotopic (exact) mass is 291 g/mol. The molecule has 0 aromatic carbocycles. The van der Waals surface area contributed by atoms with Crippen molar-refractivity contribution in [3.05, 3.63) is 24.5 Å². The van der Waals surface area contributed by atoms with E-state index in [0.717, 1.165) is 0 Å². The minimum atomic E-state index is -0.852. The van der Waals surface area contributed by atoms with Gasteiger partial charge >= 0.3 is 6.09 Å². The largest absolute Gasteiger partial charge is 0.482 e. The molecule has 2 atom stereocenters. The van der Waals surface area contributed by atoms with Crippen LogP contribution >= 0.6 is 0 Å². The normalized spacial score (nSPS) is 26.1. The van der Waals surface area contributed by atoms with Gasteiger partial charge in [0.05, 0.1) is 6.20 Å². The van der Waals surface area contributed by atoms with E-state index in [0.29, 0.717) is 43.1 Å². The minimum Gasteiger partial charge on any atom is -0.482 e. The van der Waals surface area contributed by atoms with Crippen molar-refractivity contribution < 1.29 is 19.4 Å². The predicted molar refractivity (Wildman–Crippen MR) is 72.8 cm³/mol. The highest BCUT2D eigenvalue weighted by Gasteiger charge is 2.56. The lowest BCUT2D eigenvalue weighted by molar-refractivity contribution is -0.123. The van der Waals surface area contributed by atoms with Crippen LogP contribution in [0.25, 0.3) is 0 Å². The van der Waals surface area contributed by atoms with E-state index in [1.54, 1.807) is 24.5 Å². The van der Waals surface area contributed by atoms with Gasteiger partial charge in [0, 0.05) is 25.8 Å². The second-order valence-electron chi connectivity index (χ2n) is 5.46. The highest BCUT2D eigenvalue weighted by molar-refractivity contribution is 5.77. The van der Waals surface area contributed by atoms with Crippen molar-refractivity contribution in [3.63, 3.8) is 0 Å². The molecule has 2 fully saturated rings. The summed E-state index contributed by atoms with van der Waals surface area (Å²) in [4.78, 5) is 27.8. The summed E-state index contributed by atoms with van der Waals surface area (Å²) < 4.78 is 5.30. The van der Waals surface area contributed by atoms with Crippen LogP contribution in [-0.4, -0.2) is 53.2 Å². The van der Waals surface area contributed by atoms with Gasteiger partial charge in [-0.2, -0.15) is 0 Å². The predicted octanol–water partition coefficient (Wildman–Crippen LogP) is 0.432. The number of fused-ring (bicyclic) bond motifs is 1. The fourth-order valence-electron chi connectivity index (χ4n) is 2.97. The van der Waals surface area contributed by atoms with Gasteiger partial charge < -0.3 is 20.1 Å². The first-order valence-electron chi connectivity index (χ1n) is 6.92. The molecule has 7 heteroatoms. The highest BCUT2D eigenvalue weighted by Crippen LogP contribution is 2.51. The number of hydrogen-bond donors (Lipinski definition) is 2. The third-order valence-corrected chi connectivity index (χ3v) is 4.18. The van der Waals surface area contributed by atoms with E-state index in [-0.39, 0.29) is 12.5 Å². The molecule has 1 aromatic rings. The molecule has 1 aromatic heterocycles. The van der Waals surface area contributed by atoms with Crippen LogP contribution in [0.3, 0.4) is 0 Å².